The van der Waals surface area contributed by atoms with E-state index in [0.29, 0.717) is 23.0 Å². The normalized spacial score (nSPS) is 24.4. The largest absolute Gasteiger partial charge is 0.349 e. The van der Waals surface area contributed by atoms with Gasteiger partial charge in [0.15, 0.2) is 0 Å². The molecule has 0 heterocycles. The lowest BCUT2D eigenvalue weighted by Gasteiger charge is -2.34. The number of hydrogen-bond donors (Lipinski definition) is 1. The molecule has 25 heavy (non-hydrogen) atoms. The minimum Gasteiger partial charge on any atom is -0.349 e. The van der Waals surface area contributed by atoms with Crippen molar-refractivity contribution in [2.24, 2.45) is 11.8 Å². The van der Waals surface area contributed by atoms with Crippen LogP contribution < -0.4 is 5.32 Å². The number of nitrogens with one attached hydrogen (secondary N) is 1. The molecule has 3 atom stereocenters. The molecule has 2 rings (SSSR count). The number of sulfonamides is 1. The third-order valence-corrected chi connectivity index (χ3v) is 7.61. The smallest absolute Gasteiger partial charge is 0.251 e. The summed E-state index contributed by atoms with van der Waals surface area (Å²) in [5.74, 6) is 0.821. The highest BCUT2D eigenvalue weighted by Crippen LogP contribution is 2.30. The van der Waals surface area contributed by atoms with E-state index in [-0.39, 0.29) is 16.8 Å². The summed E-state index contributed by atoms with van der Waals surface area (Å²) in [6.45, 7) is 8.02. The first-order chi connectivity index (χ1) is 11.6. The number of amides is 1. The fourth-order valence-electron chi connectivity index (χ4n) is 3.46. The second-order valence-corrected chi connectivity index (χ2v) is 9.67. The van der Waals surface area contributed by atoms with Crippen molar-refractivity contribution in [1.82, 2.24) is 9.62 Å². The van der Waals surface area contributed by atoms with Crippen LogP contribution in [0, 0.1) is 25.7 Å². The molecule has 0 spiro atoms. The summed E-state index contributed by atoms with van der Waals surface area (Å²) in [5.41, 5.74) is 1.90. The van der Waals surface area contributed by atoms with Crippen LogP contribution in [0.15, 0.2) is 17.0 Å². The summed E-state index contributed by atoms with van der Waals surface area (Å²) in [7, 11) is -0.582. The molecule has 1 fully saturated rings. The number of benzene rings is 1. The van der Waals surface area contributed by atoms with E-state index in [1.165, 1.54) is 30.9 Å². The van der Waals surface area contributed by atoms with Crippen molar-refractivity contribution >= 4 is 15.9 Å². The molecule has 0 radical (unpaired) electrons. The van der Waals surface area contributed by atoms with Crippen molar-refractivity contribution in [1.29, 1.82) is 0 Å². The van der Waals surface area contributed by atoms with Gasteiger partial charge in [-0.2, -0.15) is 0 Å². The van der Waals surface area contributed by atoms with Gasteiger partial charge in [0.2, 0.25) is 10.0 Å². The van der Waals surface area contributed by atoms with E-state index in [4.69, 9.17) is 0 Å². The van der Waals surface area contributed by atoms with Crippen molar-refractivity contribution in [3.05, 3.63) is 28.8 Å². The molecule has 0 aliphatic heterocycles. The van der Waals surface area contributed by atoms with Crippen molar-refractivity contribution in [2.75, 3.05) is 14.1 Å². The van der Waals surface area contributed by atoms with E-state index < -0.39 is 10.0 Å². The Hall–Kier alpha value is -1.40. The Morgan fingerprint density at radius 2 is 1.80 bits per heavy atom. The predicted molar refractivity (Wildman–Crippen MR) is 100 cm³/mol. The molecule has 1 aromatic carbocycles. The van der Waals surface area contributed by atoms with Crippen molar-refractivity contribution in [3.63, 3.8) is 0 Å². The van der Waals surface area contributed by atoms with Crippen LogP contribution in [-0.4, -0.2) is 38.8 Å². The summed E-state index contributed by atoms with van der Waals surface area (Å²) in [6.07, 6.45) is 3.29. The minimum atomic E-state index is -3.59. The van der Waals surface area contributed by atoms with E-state index in [9.17, 15) is 13.2 Å². The van der Waals surface area contributed by atoms with E-state index in [2.05, 4.69) is 19.2 Å². The van der Waals surface area contributed by atoms with Gasteiger partial charge in [-0.05, 0) is 55.4 Å². The lowest BCUT2D eigenvalue weighted by molar-refractivity contribution is 0.0890. The number of hydrogen-bond acceptors (Lipinski definition) is 3. The molecule has 1 amide bonds. The molecule has 0 saturated heterocycles. The molecule has 0 bridgehead atoms. The maximum absolute atomic E-state index is 12.8. The third-order valence-electron chi connectivity index (χ3n) is 5.66. The first kappa shape index (κ1) is 19.9. The van der Waals surface area contributed by atoms with Crippen LogP contribution in [0.3, 0.4) is 0 Å². The summed E-state index contributed by atoms with van der Waals surface area (Å²) in [5, 5.41) is 3.12. The second-order valence-electron chi connectivity index (χ2n) is 7.55. The van der Waals surface area contributed by atoms with Crippen LogP contribution in [-0.2, 0) is 10.0 Å². The number of nitrogens with zero attached hydrogens (tertiary/aromatic N) is 1. The highest BCUT2D eigenvalue weighted by Gasteiger charge is 2.29. The molecule has 1 saturated carbocycles. The maximum Gasteiger partial charge on any atom is 0.251 e. The van der Waals surface area contributed by atoms with Gasteiger partial charge in [0.1, 0.15) is 0 Å². The molecule has 0 aromatic heterocycles. The summed E-state index contributed by atoms with van der Waals surface area (Å²) >= 11 is 0. The molecule has 1 aromatic rings. The average molecular weight is 367 g/mol. The Morgan fingerprint density at radius 1 is 1.16 bits per heavy atom. The Kier molecular flexibility index (Phi) is 5.94. The number of rotatable bonds is 4. The molecule has 140 valence electrons. The molecular weight excluding hydrogens is 336 g/mol. The third kappa shape index (κ3) is 4.06. The summed E-state index contributed by atoms with van der Waals surface area (Å²) in [4.78, 5) is 13.0. The standard InChI is InChI=1S/C19H30N2O3S/c1-12-8-7-9-17(14(12)3)20-19(22)16-10-13(2)15(4)18(11-16)25(23,24)21(5)6/h10-12,14,17H,7-9H2,1-6H3,(H,20,22). The van der Waals surface area contributed by atoms with Gasteiger partial charge in [0.25, 0.3) is 5.91 Å². The zero-order valence-electron chi connectivity index (χ0n) is 16.1. The SMILES string of the molecule is Cc1cc(C(=O)NC2CCCC(C)C2C)cc(S(=O)(=O)N(C)C)c1C. The highest BCUT2D eigenvalue weighted by molar-refractivity contribution is 7.89. The van der Waals surface area contributed by atoms with Crippen molar-refractivity contribution in [3.8, 4) is 0 Å². The van der Waals surface area contributed by atoms with Crippen LogP contribution in [0.1, 0.15) is 54.6 Å². The van der Waals surface area contributed by atoms with E-state index >= 15 is 0 Å². The molecular formula is C19H30N2O3S. The zero-order chi connectivity index (χ0) is 18.9. The van der Waals surface area contributed by atoms with Gasteiger partial charge in [0.05, 0.1) is 4.90 Å². The first-order valence-electron chi connectivity index (χ1n) is 8.90. The average Bonchev–Trinajstić information content (AvgIpc) is 2.53. The Balaban J connectivity index is 2.33. The highest BCUT2D eigenvalue weighted by atomic mass is 32.2. The van der Waals surface area contributed by atoms with Crippen molar-refractivity contribution < 1.29 is 13.2 Å². The first-order valence-corrected chi connectivity index (χ1v) is 10.3. The van der Waals surface area contributed by atoms with Gasteiger partial charge in [-0.25, -0.2) is 12.7 Å². The number of carbonyl (C=O) groups excluding carboxylic acids is 1. The van der Waals surface area contributed by atoms with Gasteiger partial charge >= 0.3 is 0 Å². The Morgan fingerprint density at radius 3 is 2.40 bits per heavy atom. The lowest BCUT2D eigenvalue weighted by atomic mass is 9.78. The van der Waals surface area contributed by atoms with Gasteiger partial charge in [-0.15, -0.1) is 0 Å². The lowest BCUT2D eigenvalue weighted by Crippen LogP contribution is -2.43. The fraction of sp³-hybridized carbons (Fsp3) is 0.632. The number of aryl methyl sites for hydroxylation is 1. The Bertz CT molecular complexity index is 756. The summed E-state index contributed by atoms with van der Waals surface area (Å²) in [6, 6.07) is 3.42. The topological polar surface area (TPSA) is 66.5 Å². The van der Waals surface area contributed by atoms with Gasteiger partial charge in [-0.3, -0.25) is 4.79 Å². The molecule has 3 unspecified atom stereocenters. The van der Waals surface area contributed by atoms with Crippen LogP contribution in [0.4, 0.5) is 0 Å². The van der Waals surface area contributed by atoms with E-state index in [1.54, 1.807) is 13.0 Å². The van der Waals surface area contributed by atoms with E-state index in [0.717, 1.165) is 18.4 Å². The van der Waals surface area contributed by atoms with Crippen molar-refractivity contribution in [2.45, 2.75) is 57.9 Å². The monoisotopic (exact) mass is 366 g/mol. The minimum absolute atomic E-state index is 0.145. The molecule has 6 heteroatoms. The molecule has 5 nitrogen and oxygen atoms in total. The van der Waals surface area contributed by atoms with Crippen LogP contribution in [0.25, 0.3) is 0 Å². The van der Waals surface area contributed by atoms with Crippen LogP contribution in [0.5, 0.6) is 0 Å². The van der Waals surface area contributed by atoms with Crippen LogP contribution >= 0.6 is 0 Å². The molecule has 1 N–H and O–H groups in total. The predicted octanol–water partition coefficient (Wildman–Crippen LogP) is 3.11. The van der Waals surface area contributed by atoms with Gasteiger partial charge in [0, 0.05) is 25.7 Å². The summed E-state index contributed by atoms with van der Waals surface area (Å²) < 4.78 is 26.3. The van der Waals surface area contributed by atoms with Crippen LogP contribution in [0.2, 0.25) is 0 Å². The number of carbonyl (C=O) groups is 1. The second kappa shape index (κ2) is 7.46. The fourth-order valence-corrected chi connectivity index (χ4v) is 4.68. The Labute approximate surface area is 151 Å². The maximum atomic E-state index is 12.8. The molecule has 1 aliphatic carbocycles. The quantitative estimate of drug-likeness (QED) is 0.890. The van der Waals surface area contributed by atoms with E-state index in [1.807, 2.05) is 6.92 Å². The zero-order valence-corrected chi connectivity index (χ0v) is 16.9. The van der Waals surface area contributed by atoms with Gasteiger partial charge in [-0.1, -0.05) is 26.7 Å². The molecule has 1 aliphatic rings. The van der Waals surface area contributed by atoms with Gasteiger partial charge < -0.3 is 5.32 Å².